The molecule has 124 valence electrons. The standard InChI is InChI=1S/C14H23N3O3S2/c1-11(2)22(19,20)17-7-5-12(6-8-17)16-14(18)4-3-13-9-15-10-21-13/h9-12H,3-8H2,1-2H3,(H,16,18). The Morgan fingerprint density at radius 2 is 2.14 bits per heavy atom. The molecule has 1 aromatic rings. The number of carbonyl (C=O) groups excluding carboxylic acids is 1. The Balaban J connectivity index is 1.74. The minimum absolute atomic E-state index is 0.0265. The van der Waals surface area contributed by atoms with E-state index in [-0.39, 0.29) is 11.9 Å². The SMILES string of the molecule is CC(C)S(=O)(=O)N1CCC(NC(=O)CCc2cncs2)CC1. The zero-order chi connectivity index (χ0) is 16.2. The van der Waals surface area contributed by atoms with Crippen molar-refractivity contribution in [2.24, 2.45) is 0 Å². The Morgan fingerprint density at radius 3 is 2.68 bits per heavy atom. The zero-order valence-electron chi connectivity index (χ0n) is 13.0. The molecule has 1 aromatic heterocycles. The molecule has 1 fully saturated rings. The fourth-order valence-corrected chi connectivity index (χ4v) is 4.37. The number of hydrogen-bond donors (Lipinski definition) is 1. The average molecular weight is 345 g/mol. The second kappa shape index (κ2) is 7.52. The third-order valence-electron chi connectivity index (χ3n) is 3.86. The molecule has 0 aromatic carbocycles. The highest BCUT2D eigenvalue weighted by Gasteiger charge is 2.30. The number of sulfonamides is 1. The van der Waals surface area contributed by atoms with Crippen LogP contribution in [-0.4, -0.2) is 48.0 Å². The number of nitrogens with zero attached hydrogens (tertiary/aromatic N) is 2. The maximum atomic E-state index is 12.1. The van der Waals surface area contributed by atoms with E-state index in [1.807, 2.05) is 0 Å². The topological polar surface area (TPSA) is 79.4 Å². The van der Waals surface area contributed by atoms with E-state index in [9.17, 15) is 13.2 Å². The molecule has 0 radical (unpaired) electrons. The molecular weight excluding hydrogens is 322 g/mol. The first-order chi connectivity index (χ1) is 10.4. The second-order valence-corrected chi connectivity index (χ2v) is 9.26. The molecule has 0 bridgehead atoms. The van der Waals surface area contributed by atoms with E-state index in [4.69, 9.17) is 0 Å². The van der Waals surface area contributed by atoms with Crippen LogP contribution in [0, 0.1) is 0 Å². The van der Waals surface area contributed by atoms with Crippen LogP contribution < -0.4 is 5.32 Å². The molecule has 6 nitrogen and oxygen atoms in total. The number of rotatable bonds is 6. The van der Waals surface area contributed by atoms with E-state index in [1.165, 1.54) is 4.31 Å². The van der Waals surface area contributed by atoms with Gasteiger partial charge in [0.15, 0.2) is 0 Å². The molecule has 1 amide bonds. The van der Waals surface area contributed by atoms with E-state index < -0.39 is 15.3 Å². The highest BCUT2D eigenvalue weighted by Crippen LogP contribution is 2.17. The first-order valence-corrected chi connectivity index (χ1v) is 9.93. The van der Waals surface area contributed by atoms with Gasteiger partial charge in [-0.3, -0.25) is 9.78 Å². The van der Waals surface area contributed by atoms with Crippen molar-refractivity contribution in [1.29, 1.82) is 0 Å². The van der Waals surface area contributed by atoms with Gasteiger partial charge in [0.2, 0.25) is 15.9 Å². The monoisotopic (exact) mass is 345 g/mol. The first kappa shape index (κ1) is 17.4. The van der Waals surface area contributed by atoms with E-state index in [1.54, 1.807) is 36.9 Å². The van der Waals surface area contributed by atoms with Crippen LogP contribution in [-0.2, 0) is 21.2 Å². The molecule has 0 aliphatic carbocycles. The lowest BCUT2D eigenvalue weighted by Gasteiger charge is -2.32. The lowest BCUT2D eigenvalue weighted by molar-refractivity contribution is -0.122. The summed E-state index contributed by atoms with van der Waals surface area (Å²) in [7, 11) is -3.18. The van der Waals surface area contributed by atoms with Gasteiger partial charge in [-0.2, -0.15) is 0 Å². The maximum Gasteiger partial charge on any atom is 0.220 e. The summed E-state index contributed by atoms with van der Waals surface area (Å²) in [6, 6.07) is 0.0765. The van der Waals surface area contributed by atoms with E-state index in [0.717, 1.165) is 4.88 Å². The van der Waals surface area contributed by atoms with Crippen LogP contribution in [0.3, 0.4) is 0 Å². The van der Waals surface area contributed by atoms with Gasteiger partial charge in [-0.15, -0.1) is 11.3 Å². The molecule has 22 heavy (non-hydrogen) atoms. The molecule has 2 rings (SSSR count). The fourth-order valence-electron chi connectivity index (χ4n) is 2.45. The van der Waals surface area contributed by atoms with Gasteiger partial charge in [0.1, 0.15) is 0 Å². The first-order valence-electron chi connectivity index (χ1n) is 7.55. The lowest BCUT2D eigenvalue weighted by Crippen LogP contribution is -2.48. The van der Waals surface area contributed by atoms with Gasteiger partial charge in [-0.1, -0.05) is 0 Å². The van der Waals surface area contributed by atoms with Gasteiger partial charge in [0.25, 0.3) is 0 Å². The minimum Gasteiger partial charge on any atom is -0.353 e. The van der Waals surface area contributed by atoms with Gasteiger partial charge in [0, 0.05) is 36.6 Å². The van der Waals surface area contributed by atoms with Crippen LogP contribution in [0.4, 0.5) is 0 Å². The van der Waals surface area contributed by atoms with Crippen molar-refractivity contribution < 1.29 is 13.2 Å². The number of aromatic nitrogens is 1. The second-order valence-electron chi connectivity index (χ2n) is 5.80. The Morgan fingerprint density at radius 1 is 1.45 bits per heavy atom. The molecule has 1 saturated heterocycles. The van der Waals surface area contributed by atoms with E-state index in [0.29, 0.717) is 38.8 Å². The van der Waals surface area contributed by atoms with Crippen molar-refractivity contribution in [2.75, 3.05) is 13.1 Å². The van der Waals surface area contributed by atoms with Gasteiger partial charge in [-0.05, 0) is 33.1 Å². The number of aryl methyl sites for hydroxylation is 1. The van der Waals surface area contributed by atoms with Gasteiger partial charge < -0.3 is 5.32 Å². The Hall–Kier alpha value is -0.990. The summed E-state index contributed by atoms with van der Waals surface area (Å²) < 4.78 is 25.7. The van der Waals surface area contributed by atoms with Crippen LogP contribution in [0.5, 0.6) is 0 Å². The number of nitrogens with one attached hydrogen (secondary N) is 1. The summed E-state index contributed by atoms with van der Waals surface area (Å²) in [6.45, 7) is 4.37. The highest BCUT2D eigenvalue weighted by atomic mass is 32.2. The van der Waals surface area contributed by atoms with E-state index >= 15 is 0 Å². The maximum absolute atomic E-state index is 12.1. The van der Waals surface area contributed by atoms with Crippen molar-refractivity contribution >= 4 is 27.3 Å². The van der Waals surface area contributed by atoms with Crippen molar-refractivity contribution in [2.45, 2.75) is 50.8 Å². The number of carbonyl (C=O) groups is 1. The summed E-state index contributed by atoms with van der Waals surface area (Å²) in [5, 5.41) is 2.62. The number of piperidine rings is 1. The Bertz CT molecular complexity index is 576. The molecule has 0 saturated carbocycles. The summed E-state index contributed by atoms with van der Waals surface area (Å²) >= 11 is 1.55. The van der Waals surface area contributed by atoms with Gasteiger partial charge >= 0.3 is 0 Å². The predicted octanol–water partition coefficient (Wildman–Crippen LogP) is 1.39. The van der Waals surface area contributed by atoms with Crippen LogP contribution in [0.2, 0.25) is 0 Å². The third kappa shape index (κ3) is 4.50. The van der Waals surface area contributed by atoms with Crippen LogP contribution in [0.1, 0.15) is 38.0 Å². The third-order valence-corrected chi connectivity index (χ3v) is 6.97. The number of thiazole rings is 1. The molecule has 0 spiro atoms. The van der Waals surface area contributed by atoms with Crippen molar-refractivity contribution in [3.8, 4) is 0 Å². The van der Waals surface area contributed by atoms with Crippen molar-refractivity contribution in [1.82, 2.24) is 14.6 Å². The number of hydrogen-bond acceptors (Lipinski definition) is 5. The fraction of sp³-hybridized carbons (Fsp3) is 0.714. The molecule has 2 heterocycles. The summed E-state index contributed by atoms with van der Waals surface area (Å²) in [4.78, 5) is 17.0. The summed E-state index contributed by atoms with van der Waals surface area (Å²) in [5.74, 6) is 0.0265. The molecule has 8 heteroatoms. The Labute approximate surface area is 136 Å². The Kier molecular flexibility index (Phi) is 5.94. The molecule has 1 aliphatic rings. The quantitative estimate of drug-likeness (QED) is 0.845. The normalized spacial score (nSPS) is 17.8. The van der Waals surface area contributed by atoms with Gasteiger partial charge in [-0.25, -0.2) is 12.7 Å². The molecule has 0 atom stereocenters. The van der Waals surface area contributed by atoms with Crippen LogP contribution in [0.25, 0.3) is 0 Å². The van der Waals surface area contributed by atoms with Crippen LogP contribution >= 0.6 is 11.3 Å². The predicted molar refractivity (Wildman–Crippen MR) is 87.2 cm³/mol. The van der Waals surface area contributed by atoms with Crippen molar-refractivity contribution in [3.05, 3.63) is 16.6 Å². The lowest BCUT2D eigenvalue weighted by atomic mass is 10.1. The molecule has 0 unspecified atom stereocenters. The minimum atomic E-state index is -3.18. The highest BCUT2D eigenvalue weighted by molar-refractivity contribution is 7.89. The molecular formula is C14H23N3O3S2. The summed E-state index contributed by atoms with van der Waals surface area (Å²) in [5.41, 5.74) is 1.76. The van der Waals surface area contributed by atoms with Crippen molar-refractivity contribution in [3.63, 3.8) is 0 Å². The molecule has 1 N–H and O–H groups in total. The zero-order valence-corrected chi connectivity index (χ0v) is 14.6. The number of amides is 1. The molecule has 1 aliphatic heterocycles. The van der Waals surface area contributed by atoms with E-state index in [2.05, 4.69) is 10.3 Å². The van der Waals surface area contributed by atoms with Gasteiger partial charge in [0.05, 0.1) is 10.8 Å². The van der Waals surface area contributed by atoms with Crippen LogP contribution in [0.15, 0.2) is 11.7 Å². The largest absolute Gasteiger partial charge is 0.353 e. The smallest absolute Gasteiger partial charge is 0.220 e. The average Bonchev–Trinajstić information content (AvgIpc) is 2.99. The summed E-state index contributed by atoms with van der Waals surface area (Å²) in [6.07, 6.45) is 4.30.